The lowest BCUT2D eigenvalue weighted by atomic mass is 9.84. The maximum atomic E-state index is 3.79. The smallest absolute Gasteiger partial charge is 0.0223 e. The van der Waals surface area contributed by atoms with E-state index in [1.165, 1.54) is 71.1 Å². The molecule has 1 saturated carbocycles. The lowest BCUT2D eigenvalue weighted by molar-refractivity contribution is 0.137. The number of likely N-dealkylation sites (tertiary alicyclic amines) is 1. The molecule has 1 N–H and O–H groups in total. The van der Waals surface area contributed by atoms with Crippen LogP contribution in [0, 0.1) is 5.41 Å². The number of rotatable bonds is 7. The van der Waals surface area contributed by atoms with E-state index in [9.17, 15) is 0 Å². The Morgan fingerprint density at radius 1 is 1.10 bits per heavy atom. The molecule has 0 radical (unpaired) electrons. The van der Waals surface area contributed by atoms with Gasteiger partial charge in [0.15, 0.2) is 0 Å². The van der Waals surface area contributed by atoms with Crippen LogP contribution >= 0.6 is 0 Å². The summed E-state index contributed by atoms with van der Waals surface area (Å²) >= 11 is 0. The van der Waals surface area contributed by atoms with Crippen molar-refractivity contribution in [1.29, 1.82) is 0 Å². The minimum Gasteiger partial charge on any atom is -0.313 e. The molecule has 3 rings (SSSR count). The average Bonchev–Trinajstić information content (AvgIpc) is 3.20. The first-order valence-corrected chi connectivity index (χ1v) is 9.27. The van der Waals surface area contributed by atoms with Gasteiger partial charge < -0.3 is 10.2 Å². The van der Waals surface area contributed by atoms with Crippen LogP contribution in [0.1, 0.15) is 58.8 Å². The first-order valence-electron chi connectivity index (χ1n) is 9.27. The molecule has 3 fully saturated rings. The molecule has 2 bridgehead atoms. The summed E-state index contributed by atoms with van der Waals surface area (Å²) < 4.78 is 0. The summed E-state index contributed by atoms with van der Waals surface area (Å²) in [6.45, 7) is 9.97. The summed E-state index contributed by atoms with van der Waals surface area (Å²) in [5.41, 5.74) is 0.458. The van der Waals surface area contributed by atoms with Gasteiger partial charge in [0, 0.05) is 37.8 Å². The quantitative estimate of drug-likeness (QED) is 0.778. The highest BCUT2D eigenvalue weighted by atomic mass is 15.3. The third kappa shape index (κ3) is 4.00. The Morgan fingerprint density at radius 3 is 2.57 bits per heavy atom. The van der Waals surface area contributed by atoms with E-state index in [-0.39, 0.29) is 0 Å². The SMILES string of the molecule is CCCC(C)(CNC1CC1)CN1CCC2CCC(C1)N2C. The fraction of sp³-hybridized carbons (Fsp3) is 1.00. The molecule has 21 heavy (non-hydrogen) atoms. The molecule has 3 atom stereocenters. The van der Waals surface area contributed by atoms with Crippen molar-refractivity contribution in [3.8, 4) is 0 Å². The predicted molar refractivity (Wildman–Crippen MR) is 89.7 cm³/mol. The molecule has 3 aliphatic rings. The van der Waals surface area contributed by atoms with E-state index < -0.39 is 0 Å². The van der Waals surface area contributed by atoms with E-state index in [1.54, 1.807) is 0 Å². The summed E-state index contributed by atoms with van der Waals surface area (Å²) in [4.78, 5) is 5.45. The molecule has 2 heterocycles. The van der Waals surface area contributed by atoms with Gasteiger partial charge in [0.1, 0.15) is 0 Å². The molecule has 1 aliphatic carbocycles. The van der Waals surface area contributed by atoms with E-state index in [0.29, 0.717) is 5.41 Å². The molecule has 0 amide bonds. The van der Waals surface area contributed by atoms with Crippen molar-refractivity contribution in [2.75, 3.05) is 33.2 Å². The maximum Gasteiger partial charge on any atom is 0.0223 e. The third-order valence-electron chi connectivity index (χ3n) is 6.09. The van der Waals surface area contributed by atoms with Crippen LogP contribution in [0.5, 0.6) is 0 Å². The molecule has 2 saturated heterocycles. The van der Waals surface area contributed by atoms with Crippen molar-refractivity contribution in [3.05, 3.63) is 0 Å². The second kappa shape index (κ2) is 6.55. The highest BCUT2D eigenvalue weighted by Crippen LogP contribution is 2.32. The fourth-order valence-corrected chi connectivity index (χ4v) is 4.57. The van der Waals surface area contributed by atoms with Crippen LogP contribution in [0.3, 0.4) is 0 Å². The molecule has 3 unspecified atom stereocenters. The Kier molecular flexibility index (Phi) is 4.92. The second-order valence-electron chi connectivity index (χ2n) is 8.29. The van der Waals surface area contributed by atoms with E-state index in [4.69, 9.17) is 0 Å². The van der Waals surface area contributed by atoms with Crippen molar-refractivity contribution in [3.63, 3.8) is 0 Å². The van der Waals surface area contributed by atoms with Crippen LogP contribution in [-0.4, -0.2) is 61.2 Å². The Morgan fingerprint density at radius 2 is 1.86 bits per heavy atom. The zero-order valence-electron chi connectivity index (χ0n) is 14.4. The van der Waals surface area contributed by atoms with Crippen LogP contribution in [0.2, 0.25) is 0 Å². The van der Waals surface area contributed by atoms with Crippen LogP contribution < -0.4 is 5.32 Å². The topological polar surface area (TPSA) is 18.5 Å². The number of nitrogens with one attached hydrogen (secondary N) is 1. The van der Waals surface area contributed by atoms with E-state index in [1.807, 2.05) is 0 Å². The van der Waals surface area contributed by atoms with Crippen molar-refractivity contribution in [2.45, 2.75) is 76.9 Å². The van der Waals surface area contributed by atoms with Gasteiger partial charge in [-0.2, -0.15) is 0 Å². The zero-order chi connectivity index (χ0) is 14.9. The number of hydrogen-bond donors (Lipinski definition) is 1. The number of fused-ring (bicyclic) bond motifs is 2. The van der Waals surface area contributed by atoms with E-state index >= 15 is 0 Å². The van der Waals surface area contributed by atoms with Gasteiger partial charge in [-0.15, -0.1) is 0 Å². The fourth-order valence-electron chi connectivity index (χ4n) is 4.57. The lowest BCUT2D eigenvalue weighted by Crippen LogP contribution is -2.45. The molecule has 2 aliphatic heterocycles. The average molecular weight is 293 g/mol. The van der Waals surface area contributed by atoms with Crippen LogP contribution in [0.15, 0.2) is 0 Å². The zero-order valence-corrected chi connectivity index (χ0v) is 14.4. The summed E-state index contributed by atoms with van der Waals surface area (Å²) in [6, 6.07) is 2.52. The highest BCUT2D eigenvalue weighted by Gasteiger charge is 2.37. The molecule has 0 aromatic rings. The minimum atomic E-state index is 0.458. The number of hydrogen-bond acceptors (Lipinski definition) is 3. The normalized spacial score (nSPS) is 33.9. The Labute approximate surface area is 131 Å². The summed E-state index contributed by atoms with van der Waals surface area (Å²) in [7, 11) is 2.35. The Balaban J connectivity index is 1.56. The lowest BCUT2D eigenvalue weighted by Gasteiger charge is -2.37. The first-order chi connectivity index (χ1) is 10.1. The van der Waals surface area contributed by atoms with Crippen LogP contribution in [-0.2, 0) is 0 Å². The minimum absolute atomic E-state index is 0.458. The molecule has 3 nitrogen and oxygen atoms in total. The standard InChI is InChI=1S/C18H35N3/c1-4-10-18(2,13-19-15-5-6-15)14-21-11-9-16-7-8-17(12-21)20(16)3/h15-17,19H,4-14H2,1-3H3. The van der Waals surface area contributed by atoms with Gasteiger partial charge in [-0.3, -0.25) is 4.90 Å². The maximum absolute atomic E-state index is 3.79. The molecular weight excluding hydrogens is 258 g/mol. The molecule has 0 aromatic heterocycles. The van der Waals surface area contributed by atoms with E-state index in [2.05, 4.69) is 36.0 Å². The number of likely N-dealkylation sites (N-methyl/N-ethyl adjacent to an activating group) is 1. The molecule has 122 valence electrons. The Bertz CT molecular complexity index is 341. The second-order valence-corrected chi connectivity index (χ2v) is 8.29. The van der Waals surface area contributed by atoms with Gasteiger partial charge in [-0.25, -0.2) is 0 Å². The van der Waals surface area contributed by atoms with Gasteiger partial charge >= 0.3 is 0 Å². The summed E-state index contributed by atoms with van der Waals surface area (Å²) in [6.07, 6.45) is 9.70. The monoisotopic (exact) mass is 293 g/mol. The molecule has 3 heteroatoms. The van der Waals surface area contributed by atoms with Gasteiger partial charge in [0.25, 0.3) is 0 Å². The molecule has 0 spiro atoms. The van der Waals surface area contributed by atoms with Gasteiger partial charge in [0.05, 0.1) is 0 Å². The van der Waals surface area contributed by atoms with Crippen LogP contribution in [0.25, 0.3) is 0 Å². The van der Waals surface area contributed by atoms with Gasteiger partial charge in [-0.05, 0) is 57.5 Å². The Hall–Kier alpha value is -0.120. The van der Waals surface area contributed by atoms with Gasteiger partial charge in [0.2, 0.25) is 0 Å². The third-order valence-corrected chi connectivity index (χ3v) is 6.09. The van der Waals surface area contributed by atoms with Crippen molar-refractivity contribution >= 4 is 0 Å². The number of nitrogens with zero attached hydrogens (tertiary/aromatic N) is 2. The van der Waals surface area contributed by atoms with Crippen molar-refractivity contribution in [2.24, 2.45) is 5.41 Å². The molecule has 0 aromatic carbocycles. The van der Waals surface area contributed by atoms with Gasteiger partial charge in [-0.1, -0.05) is 20.3 Å². The van der Waals surface area contributed by atoms with E-state index in [0.717, 1.165) is 18.1 Å². The van der Waals surface area contributed by atoms with Crippen molar-refractivity contribution < 1.29 is 0 Å². The van der Waals surface area contributed by atoms with Crippen LogP contribution in [0.4, 0.5) is 0 Å². The first kappa shape index (κ1) is 15.8. The largest absolute Gasteiger partial charge is 0.313 e. The van der Waals surface area contributed by atoms with Crippen molar-refractivity contribution in [1.82, 2.24) is 15.1 Å². The summed E-state index contributed by atoms with van der Waals surface area (Å²) in [5.74, 6) is 0. The summed E-state index contributed by atoms with van der Waals surface area (Å²) in [5, 5.41) is 3.79. The molecular formula is C18H35N3. The predicted octanol–water partition coefficient (Wildman–Crippen LogP) is 2.71. The highest BCUT2D eigenvalue weighted by molar-refractivity contribution is 4.93.